The summed E-state index contributed by atoms with van der Waals surface area (Å²) in [5.41, 5.74) is -0.0331. The van der Waals surface area contributed by atoms with Crippen molar-refractivity contribution in [3.8, 4) is 0 Å². The van der Waals surface area contributed by atoms with Gasteiger partial charge < -0.3 is 10.2 Å². The number of carbonyl (C=O) groups is 6. The summed E-state index contributed by atoms with van der Waals surface area (Å²) in [6.07, 6.45) is 25.6. The van der Waals surface area contributed by atoms with Gasteiger partial charge in [0.05, 0.1) is 37.4 Å². The Morgan fingerprint density at radius 1 is 0.372 bits per heavy atom. The fourth-order valence-corrected chi connectivity index (χ4v) is 25.5. The molecule has 0 saturated heterocycles. The van der Waals surface area contributed by atoms with E-state index in [1.165, 1.54) is 64.2 Å². The van der Waals surface area contributed by atoms with Crippen LogP contribution < -0.4 is 0 Å². The van der Waals surface area contributed by atoms with Crippen molar-refractivity contribution in [3.05, 3.63) is 0 Å². The summed E-state index contributed by atoms with van der Waals surface area (Å²) >= 11 is 8.51. The molecule has 0 aromatic carbocycles. The van der Waals surface area contributed by atoms with Gasteiger partial charge in [-0.1, -0.05) is 148 Å². The summed E-state index contributed by atoms with van der Waals surface area (Å²) in [6, 6.07) is 0. The Balaban J connectivity index is 0.000000120. The highest BCUT2D eigenvalue weighted by atomic mass is 32.2. The summed E-state index contributed by atoms with van der Waals surface area (Å²) < 4.78 is -1.74. The molecule has 10 fully saturated rings. The number of amides is 5. The zero-order chi connectivity index (χ0) is 68.1. The van der Waals surface area contributed by atoms with Gasteiger partial charge in [0.15, 0.2) is 0 Å². The average Bonchev–Trinajstić information content (AvgIpc) is 1.63. The van der Waals surface area contributed by atoms with E-state index in [0.29, 0.717) is 82.7 Å². The average molecular weight is 1390 g/mol. The van der Waals surface area contributed by atoms with Crippen LogP contribution in [0.3, 0.4) is 0 Å². The molecule has 522 valence electrons. The van der Waals surface area contributed by atoms with E-state index in [1.54, 1.807) is 58.8 Å². The highest BCUT2D eigenvalue weighted by Crippen LogP contribution is 2.58. The molecule has 5 heterocycles. The quantitative estimate of drug-likeness (QED) is 0.166. The van der Waals surface area contributed by atoms with Gasteiger partial charge in [-0.15, -0.1) is 0 Å². The van der Waals surface area contributed by atoms with E-state index in [4.69, 9.17) is 0 Å². The Hall–Kier alpha value is -1.96. The van der Waals surface area contributed by atoms with Crippen LogP contribution in [0.4, 0.5) is 0 Å². The fourth-order valence-electron chi connectivity index (χ4n) is 19.0. The summed E-state index contributed by atoms with van der Waals surface area (Å²) in [5.74, 6) is 12.6. The third-order valence-corrected chi connectivity index (χ3v) is 35.3. The van der Waals surface area contributed by atoms with Gasteiger partial charge in [-0.25, -0.2) is 25.0 Å². The Kier molecular flexibility index (Phi) is 21.9. The largest absolute Gasteiger partial charge is 0.393 e. The van der Waals surface area contributed by atoms with Crippen LogP contribution in [-0.4, -0.2) is 107 Å². The molecule has 0 unspecified atom stereocenters. The van der Waals surface area contributed by atoms with E-state index >= 15 is 0 Å². The van der Waals surface area contributed by atoms with Crippen LogP contribution in [0.25, 0.3) is 0 Å². The van der Waals surface area contributed by atoms with Crippen molar-refractivity contribution in [3.63, 3.8) is 0 Å². The second-order valence-electron chi connectivity index (χ2n) is 35.3. The first-order valence-corrected chi connectivity index (χ1v) is 41.0. The number of Topliss-reactive ketones (excluding diaryl/α,β-unsaturated/α-hetero) is 1. The van der Waals surface area contributed by atoms with Crippen LogP contribution in [0.2, 0.25) is 0 Å². The second-order valence-corrected chi connectivity index (χ2v) is 42.8. The predicted octanol–water partition coefficient (Wildman–Crippen LogP) is 17.0. The maximum atomic E-state index is 12.3. The first-order chi connectivity index (χ1) is 44.0. The molecule has 10 bridgehead atoms. The van der Waals surface area contributed by atoms with Gasteiger partial charge in [0.2, 0.25) is 0 Å². The van der Waals surface area contributed by atoms with E-state index in [2.05, 4.69) is 115 Å². The molecule has 2 N–H and O–H groups in total. The van der Waals surface area contributed by atoms with Crippen LogP contribution in [0, 0.1) is 118 Å². The second kappa shape index (κ2) is 28.1. The van der Waals surface area contributed by atoms with Crippen LogP contribution in [0.15, 0.2) is 25.0 Å². The van der Waals surface area contributed by atoms with Gasteiger partial charge in [-0.2, -0.15) is 0 Å². The Labute approximate surface area is 585 Å². The van der Waals surface area contributed by atoms with Gasteiger partial charge in [-0.05, 0) is 269 Å². The fraction of sp³-hybridized carbons (Fsp3) is 0.855. The molecule has 10 saturated carbocycles. The molecular weight excluding hydrogens is 1270 g/mol. The van der Waals surface area contributed by atoms with Gasteiger partial charge in [0.1, 0.15) is 29.5 Å². The lowest BCUT2D eigenvalue weighted by Crippen LogP contribution is -2.41. The number of nitrogens with zero attached hydrogens (tertiary/aromatic N) is 5. The van der Waals surface area contributed by atoms with Crippen LogP contribution >= 0.6 is 58.8 Å². The summed E-state index contributed by atoms with van der Waals surface area (Å²) in [5, 5.41) is 24.9. The normalized spacial score (nSPS) is 43.4. The molecule has 22 atom stereocenters. The molecule has 0 aromatic rings. The van der Waals surface area contributed by atoms with Crippen LogP contribution in [0.1, 0.15) is 252 Å². The standard InChI is InChI=1S/C16H25NOS.2C15H23NO2S.C15H21NO2S.C15H23NOS/c1-15(2,3)16(4)14(18)17-13(19-16)9-12-8-10-5-6-11(12)7-10;3*1-8(2)15(3)14(18)16-13(19-15)7-10-5-11-4-9(10)6-12(11)17;1-9(2)15(3)14(17)16-13(18-15)8-12-7-10-4-5-11(12)6-10/h10-12H,5-9H2,1-4H3;2*8-12,17H,4-7H2,1-3H3;8-11H,4-7H2,1-3H3;9-12H,4-8H2,1-3H3/t10-,11+,12-,16-;9-,10-,11-,12+,15+;9-,10-,11-,12-,15+;9-,10-,11-,15+;10-,11+,12-,15+/m11111/s1. The third-order valence-electron chi connectivity index (χ3n) is 27.4. The SMILES string of the molecule is CC(C)(C)[C@]1(C)SC(C[C@H]2C[C@@H]3CC[C@H]2C3)=NC1=O.CC(C)[C@]1(C)SC(C[C@H]2C[C@@H]3CC[C@H]2C3)=NC1=O.CC(C)[C@]1(C)SC(C[C@H]2C[C@H]3C[C@@H]2CC3=O)=NC1=O.CC(C)[C@]1(C)SC(C[C@H]2C[C@H]3C[C@@H]2C[C@@H]3O)=NC1=O.CC(C)[C@]1(C)SC(C[C@H]2C[C@H]3C[C@@H]2C[C@H]3O)=NC1=O. The van der Waals surface area contributed by atoms with E-state index in [9.17, 15) is 39.0 Å². The number of hydrogen-bond acceptors (Lipinski definition) is 13. The minimum absolute atomic E-state index is 0.0294. The zero-order valence-corrected chi connectivity index (χ0v) is 63.9. The molecule has 5 amide bonds. The molecule has 0 spiro atoms. The zero-order valence-electron chi connectivity index (χ0n) is 59.8. The Bertz CT molecular complexity index is 3030. The molecule has 94 heavy (non-hydrogen) atoms. The summed E-state index contributed by atoms with van der Waals surface area (Å²) in [7, 11) is 0. The van der Waals surface area contributed by atoms with Crippen LogP contribution in [-0.2, 0) is 28.8 Å². The Morgan fingerprint density at radius 2 is 0.691 bits per heavy atom. The smallest absolute Gasteiger partial charge is 0.263 e. The van der Waals surface area contributed by atoms with Gasteiger partial charge in [-0.3, -0.25) is 28.8 Å². The van der Waals surface area contributed by atoms with E-state index in [1.807, 2.05) is 20.8 Å². The number of thioether (sulfide) groups is 5. The van der Waals surface area contributed by atoms with Crippen molar-refractivity contribution in [2.75, 3.05) is 0 Å². The van der Waals surface area contributed by atoms with Crippen LogP contribution in [0.5, 0.6) is 0 Å². The molecule has 0 aromatic heterocycles. The molecule has 15 rings (SSSR count). The van der Waals surface area contributed by atoms with Crippen molar-refractivity contribution < 1.29 is 39.0 Å². The van der Waals surface area contributed by atoms with Crippen molar-refractivity contribution in [2.45, 2.75) is 288 Å². The first kappa shape index (κ1) is 73.3. The number of aliphatic hydroxyl groups excluding tert-OH is 2. The number of aliphatic imine (C=N–C) groups is 5. The Morgan fingerprint density at radius 3 is 0.915 bits per heavy atom. The minimum atomic E-state index is -0.372. The summed E-state index contributed by atoms with van der Waals surface area (Å²) in [6.45, 7) is 33.4. The van der Waals surface area contributed by atoms with Gasteiger partial charge in [0, 0.05) is 12.3 Å². The molecule has 10 aliphatic carbocycles. The summed E-state index contributed by atoms with van der Waals surface area (Å²) in [4.78, 5) is 93.8. The lowest BCUT2D eigenvalue weighted by atomic mass is 9.80. The van der Waals surface area contributed by atoms with Crippen molar-refractivity contribution in [2.24, 2.45) is 143 Å². The molecule has 0 radical (unpaired) electrons. The lowest BCUT2D eigenvalue weighted by Gasteiger charge is -2.35. The lowest BCUT2D eigenvalue weighted by molar-refractivity contribution is -0.123. The molecule has 5 aliphatic heterocycles. The van der Waals surface area contributed by atoms with Crippen molar-refractivity contribution in [1.29, 1.82) is 0 Å². The first-order valence-electron chi connectivity index (χ1n) is 36.9. The monoisotopic (exact) mass is 1390 g/mol. The third kappa shape index (κ3) is 14.7. The van der Waals surface area contributed by atoms with E-state index in [0.717, 1.165) is 138 Å². The molecule has 18 heteroatoms. The number of hydrogen-bond donors (Lipinski definition) is 2. The van der Waals surface area contributed by atoms with E-state index < -0.39 is 0 Å². The van der Waals surface area contributed by atoms with Gasteiger partial charge in [0.25, 0.3) is 29.5 Å². The highest BCUT2D eigenvalue weighted by molar-refractivity contribution is 8.17. The molecular formula is C76H115N5O8S5. The highest BCUT2D eigenvalue weighted by Gasteiger charge is 2.55. The number of rotatable bonds is 14. The van der Waals surface area contributed by atoms with Crippen molar-refractivity contribution in [1.82, 2.24) is 0 Å². The number of fused-ring (bicyclic) bond motifs is 10. The van der Waals surface area contributed by atoms with E-state index in [-0.39, 0.29) is 70.9 Å². The minimum Gasteiger partial charge on any atom is -0.393 e. The topological polar surface area (TPSA) is 205 Å². The number of carbonyl (C=O) groups excluding carboxylic acids is 6. The number of ketones is 1. The molecule has 15 aliphatic rings. The maximum Gasteiger partial charge on any atom is 0.263 e. The number of aliphatic hydroxyl groups is 2. The van der Waals surface area contributed by atoms with Crippen molar-refractivity contribution >= 4 is 119 Å². The van der Waals surface area contributed by atoms with Gasteiger partial charge >= 0.3 is 0 Å². The maximum absolute atomic E-state index is 12.3. The predicted molar refractivity (Wildman–Crippen MR) is 392 cm³/mol. The molecule has 13 nitrogen and oxygen atoms in total.